The van der Waals surface area contributed by atoms with E-state index in [2.05, 4.69) is 41.0 Å². The summed E-state index contributed by atoms with van der Waals surface area (Å²) in [5.74, 6) is 1.94. The fourth-order valence-corrected chi connectivity index (χ4v) is 7.92. The highest BCUT2D eigenvalue weighted by atomic mass is 16.5. The van der Waals surface area contributed by atoms with Crippen molar-refractivity contribution in [1.29, 1.82) is 0 Å². The van der Waals surface area contributed by atoms with Crippen LogP contribution in [0, 0.1) is 6.92 Å². The van der Waals surface area contributed by atoms with Crippen LogP contribution >= 0.6 is 0 Å². The smallest absolute Gasteiger partial charge is 0.261 e. The Balaban J connectivity index is 1.19. The maximum Gasteiger partial charge on any atom is 0.261 e. The van der Waals surface area contributed by atoms with Crippen molar-refractivity contribution < 1.29 is 23.8 Å². The molecule has 2 aliphatic heterocycles. The molecule has 6 aromatic carbocycles. The van der Waals surface area contributed by atoms with Gasteiger partial charge in [-0.15, -0.1) is 0 Å². The van der Waals surface area contributed by atoms with E-state index in [1.807, 2.05) is 135 Å². The van der Waals surface area contributed by atoms with Crippen LogP contribution in [-0.2, 0) is 9.59 Å². The van der Waals surface area contributed by atoms with Crippen molar-refractivity contribution in [2.45, 2.75) is 20.8 Å². The topological polar surface area (TPSA) is 74.8 Å². The van der Waals surface area contributed by atoms with Crippen LogP contribution in [0.1, 0.15) is 30.5 Å². The molecule has 0 radical (unpaired) electrons. The van der Waals surface area contributed by atoms with Gasteiger partial charge in [0.25, 0.3) is 11.8 Å². The van der Waals surface area contributed by atoms with Gasteiger partial charge < -0.3 is 33.8 Å². The van der Waals surface area contributed by atoms with Gasteiger partial charge in [-0.05, 0) is 141 Å². The predicted molar refractivity (Wildman–Crippen MR) is 235 cm³/mol. The van der Waals surface area contributed by atoms with E-state index in [0.29, 0.717) is 35.6 Å². The number of carbonyl (C=O) groups is 2. The summed E-state index contributed by atoms with van der Waals surface area (Å²) in [6, 6.07) is 48.2. The molecule has 59 heavy (non-hydrogen) atoms. The van der Waals surface area contributed by atoms with Crippen molar-refractivity contribution in [2.75, 3.05) is 44.2 Å². The highest BCUT2D eigenvalue weighted by Crippen LogP contribution is 2.47. The van der Waals surface area contributed by atoms with Gasteiger partial charge in [-0.1, -0.05) is 42.0 Å². The van der Waals surface area contributed by atoms with Gasteiger partial charge in [0.15, 0.2) is 0 Å². The number of nitrogens with zero attached hydrogens (tertiary/aromatic N) is 4. The first kappa shape index (κ1) is 38.6. The molecule has 2 amide bonds. The number of aryl methyl sites for hydroxylation is 1. The summed E-state index contributed by atoms with van der Waals surface area (Å²) >= 11 is 0. The van der Waals surface area contributed by atoms with Gasteiger partial charge in [0.1, 0.15) is 17.2 Å². The Labute approximate surface area is 345 Å². The molecule has 0 aliphatic carbocycles. The zero-order valence-electron chi connectivity index (χ0n) is 34.1. The average molecular weight is 783 g/mol. The van der Waals surface area contributed by atoms with Crippen molar-refractivity contribution in [2.24, 2.45) is 0 Å². The number of amides is 2. The van der Waals surface area contributed by atoms with E-state index in [1.165, 1.54) is 5.56 Å². The van der Waals surface area contributed by atoms with Crippen LogP contribution in [0.4, 0.5) is 34.1 Å². The summed E-state index contributed by atoms with van der Waals surface area (Å²) < 4.78 is 16.3. The minimum Gasteiger partial charge on any atom is -0.497 e. The lowest BCUT2D eigenvalue weighted by atomic mass is 10.0. The van der Waals surface area contributed by atoms with Gasteiger partial charge >= 0.3 is 0 Å². The van der Waals surface area contributed by atoms with E-state index in [0.717, 1.165) is 62.5 Å². The Morgan fingerprint density at radius 2 is 0.661 bits per heavy atom. The molecule has 0 atom stereocenters. The molecule has 0 bridgehead atoms. The molecule has 0 unspecified atom stereocenters. The molecule has 6 aromatic rings. The molecule has 9 heteroatoms. The van der Waals surface area contributed by atoms with E-state index in [9.17, 15) is 9.59 Å². The normalized spacial score (nSPS) is 13.6. The van der Waals surface area contributed by atoms with Gasteiger partial charge in [0, 0.05) is 47.2 Å². The molecule has 2 aliphatic rings. The van der Waals surface area contributed by atoms with Crippen LogP contribution in [0.3, 0.4) is 0 Å². The van der Waals surface area contributed by atoms with Crippen LogP contribution in [0.25, 0.3) is 11.4 Å². The fourth-order valence-electron chi connectivity index (χ4n) is 7.92. The van der Waals surface area contributed by atoms with Crippen LogP contribution < -0.4 is 24.0 Å². The van der Waals surface area contributed by atoms with Crippen molar-refractivity contribution in [3.63, 3.8) is 0 Å². The number of hydrogen-bond acceptors (Lipinski definition) is 7. The number of likely N-dealkylation sites (N-methyl/N-ethyl adjacent to an activating group) is 2. The third kappa shape index (κ3) is 7.05. The summed E-state index contributed by atoms with van der Waals surface area (Å²) in [6.45, 7) is 6.78. The number of carbonyl (C=O) groups excluding carboxylic acids is 2. The summed E-state index contributed by atoms with van der Waals surface area (Å²) in [6.07, 6.45) is 0. The summed E-state index contributed by atoms with van der Waals surface area (Å²) in [7, 11) is 4.96. The second kappa shape index (κ2) is 16.3. The number of methoxy groups -OCH3 is 3. The molecule has 0 fully saturated rings. The van der Waals surface area contributed by atoms with Gasteiger partial charge in [0.05, 0.1) is 43.9 Å². The summed E-state index contributed by atoms with van der Waals surface area (Å²) in [4.78, 5) is 36.7. The number of benzene rings is 6. The number of fused-ring (bicyclic) bond motifs is 1. The standard InChI is InChI=1S/C50H46N4O5/c1-7-51-47(34-11-17-37(18-12-34)53(36-15-9-33(3)10-16-36)39-21-27-42(57-4)28-22-39)45-46(50(51)56)48(52(8-2)49(45)55)35-13-19-38(20-14-35)54(40-23-29-43(58-5)30-24-40)41-25-31-44(59-6)32-26-41/h9-32H,7-8H2,1-6H3. The lowest BCUT2D eigenvalue weighted by Crippen LogP contribution is -2.29. The summed E-state index contributed by atoms with van der Waals surface area (Å²) in [5, 5.41) is 0. The van der Waals surface area contributed by atoms with Gasteiger partial charge in [-0.25, -0.2) is 0 Å². The predicted octanol–water partition coefficient (Wildman–Crippen LogP) is 10.8. The molecular weight excluding hydrogens is 737 g/mol. The average Bonchev–Trinajstić information content (AvgIpc) is 3.75. The summed E-state index contributed by atoms with van der Waals surface area (Å²) in [5.41, 5.74) is 10.6. The number of anilines is 6. The Hall–Kier alpha value is -7.26. The van der Waals surface area contributed by atoms with Crippen molar-refractivity contribution in [1.82, 2.24) is 9.80 Å². The van der Waals surface area contributed by atoms with Crippen LogP contribution in [0.15, 0.2) is 157 Å². The Kier molecular flexibility index (Phi) is 10.7. The zero-order valence-corrected chi connectivity index (χ0v) is 34.1. The number of rotatable bonds is 13. The third-order valence-electron chi connectivity index (χ3n) is 10.9. The first-order valence-electron chi connectivity index (χ1n) is 19.7. The maximum absolute atomic E-state index is 14.5. The quantitative estimate of drug-likeness (QED) is 0.115. The largest absolute Gasteiger partial charge is 0.497 e. The van der Waals surface area contributed by atoms with Gasteiger partial charge in [-0.3, -0.25) is 9.59 Å². The van der Waals surface area contributed by atoms with Gasteiger partial charge in [0.2, 0.25) is 0 Å². The minimum absolute atomic E-state index is 0.178. The molecule has 0 aromatic heterocycles. The lowest BCUT2D eigenvalue weighted by Gasteiger charge is -2.27. The molecule has 0 saturated heterocycles. The minimum atomic E-state index is -0.178. The van der Waals surface area contributed by atoms with E-state index in [4.69, 9.17) is 14.2 Å². The van der Waals surface area contributed by atoms with Crippen molar-refractivity contribution in [3.05, 3.63) is 173 Å². The highest BCUT2D eigenvalue weighted by molar-refractivity contribution is 6.30. The molecule has 8 rings (SSSR count). The van der Waals surface area contributed by atoms with E-state index in [-0.39, 0.29) is 11.8 Å². The second-order valence-corrected chi connectivity index (χ2v) is 14.2. The first-order chi connectivity index (χ1) is 28.8. The SMILES string of the molecule is CCN1C(=O)C2=C(c3ccc(N(c4ccc(OC)cc4)c4ccc(OC)cc4)cc3)N(CC)C(=O)C2=C1c1ccc(N(c2ccc(C)cc2)c2ccc(OC)cc2)cc1. The van der Waals surface area contributed by atoms with Crippen LogP contribution in [-0.4, -0.2) is 56.0 Å². The van der Waals surface area contributed by atoms with Crippen molar-refractivity contribution >= 4 is 57.3 Å². The molecule has 9 nitrogen and oxygen atoms in total. The first-order valence-corrected chi connectivity index (χ1v) is 19.7. The maximum atomic E-state index is 14.5. The second-order valence-electron chi connectivity index (χ2n) is 14.2. The van der Waals surface area contributed by atoms with Crippen LogP contribution in [0.2, 0.25) is 0 Å². The Morgan fingerprint density at radius 3 is 0.915 bits per heavy atom. The van der Waals surface area contributed by atoms with Crippen LogP contribution in [0.5, 0.6) is 17.2 Å². The number of hydrogen-bond donors (Lipinski definition) is 0. The fraction of sp³-hybridized carbons (Fsp3) is 0.160. The molecule has 0 spiro atoms. The number of ether oxygens (including phenoxy) is 3. The lowest BCUT2D eigenvalue weighted by molar-refractivity contribution is -0.124. The van der Waals surface area contributed by atoms with E-state index >= 15 is 0 Å². The molecular formula is C50H46N4O5. The molecule has 0 N–H and O–H groups in total. The Morgan fingerprint density at radius 1 is 0.407 bits per heavy atom. The molecule has 296 valence electrons. The van der Waals surface area contributed by atoms with Gasteiger partial charge in [-0.2, -0.15) is 0 Å². The van der Waals surface area contributed by atoms with E-state index in [1.54, 1.807) is 31.1 Å². The van der Waals surface area contributed by atoms with Crippen molar-refractivity contribution in [3.8, 4) is 17.2 Å². The highest BCUT2D eigenvalue weighted by Gasteiger charge is 2.48. The molecule has 0 saturated carbocycles. The molecule has 2 heterocycles. The van der Waals surface area contributed by atoms with E-state index < -0.39 is 0 Å². The Bertz CT molecular complexity index is 2500. The third-order valence-corrected chi connectivity index (χ3v) is 10.9. The monoisotopic (exact) mass is 782 g/mol. The zero-order chi connectivity index (χ0) is 41.2.